The number of carbonyl (C=O) groups excluding carboxylic acids is 1. The molecule has 116 valence electrons. The number of primary amides is 1. The van der Waals surface area contributed by atoms with Crippen LogP contribution in [-0.4, -0.2) is 19.1 Å². The summed E-state index contributed by atoms with van der Waals surface area (Å²) in [5.74, 6) is 0.540. The molecule has 1 saturated carbocycles. The van der Waals surface area contributed by atoms with Gasteiger partial charge >= 0.3 is 6.03 Å². The lowest BCUT2D eigenvalue weighted by atomic mass is 9.72. The van der Waals surface area contributed by atoms with Crippen molar-refractivity contribution in [2.24, 2.45) is 11.7 Å². The lowest BCUT2D eigenvalue weighted by Crippen LogP contribution is -2.47. The Hall–Kier alpha value is -1.55. The number of rotatable bonds is 6. The van der Waals surface area contributed by atoms with Gasteiger partial charge in [0, 0.05) is 12.1 Å². The quantitative estimate of drug-likeness (QED) is 0.754. The minimum Gasteiger partial charge on any atom is -0.352 e. The van der Waals surface area contributed by atoms with E-state index in [0.29, 0.717) is 12.5 Å². The van der Waals surface area contributed by atoms with E-state index in [0.717, 1.165) is 38.6 Å². The SMILES string of the molecule is CCCNC1(c2ccccc2)CCC(CNC(N)=O)CC1. The predicted octanol–water partition coefficient (Wildman–Crippen LogP) is 2.74. The third-order valence-electron chi connectivity index (χ3n) is 4.56. The molecule has 0 unspecified atom stereocenters. The van der Waals surface area contributed by atoms with Crippen LogP contribution >= 0.6 is 0 Å². The first kappa shape index (κ1) is 15.8. The third kappa shape index (κ3) is 4.21. The Bertz CT molecular complexity index is 439. The second-order valence-corrected chi connectivity index (χ2v) is 6.06. The summed E-state index contributed by atoms with van der Waals surface area (Å²) in [7, 11) is 0. The van der Waals surface area contributed by atoms with Crippen molar-refractivity contribution in [1.29, 1.82) is 0 Å². The first-order valence-electron chi connectivity index (χ1n) is 8.00. The second-order valence-electron chi connectivity index (χ2n) is 6.06. The van der Waals surface area contributed by atoms with Gasteiger partial charge in [-0.2, -0.15) is 0 Å². The molecule has 0 aliphatic heterocycles. The molecule has 0 radical (unpaired) electrons. The molecule has 0 atom stereocenters. The molecule has 0 bridgehead atoms. The normalized spacial score (nSPS) is 25.5. The molecule has 0 spiro atoms. The van der Waals surface area contributed by atoms with Crippen LogP contribution in [0.25, 0.3) is 0 Å². The van der Waals surface area contributed by atoms with Gasteiger partial charge in [-0.3, -0.25) is 0 Å². The first-order valence-corrected chi connectivity index (χ1v) is 8.00. The Morgan fingerprint density at radius 1 is 1.29 bits per heavy atom. The van der Waals surface area contributed by atoms with Gasteiger partial charge in [0.25, 0.3) is 0 Å². The van der Waals surface area contributed by atoms with Gasteiger partial charge < -0.3 is 16.4 Å². The van der Waals surface area contributed by atoms with Crippen molar-refractivity contribution in [2.45, 2.75) is 44.6 Å². The summed E-state index contributed by atoms with van der Waals surface area (Å²) in [5, 5.41) is 6.52. The van der Waals surface area contributed by atoms with E-state index < -0.39 is 6.03 Å². The van der Waals surface area contributed by atoms with Gasteiger partial charge in [0.05, 0.1) is 0 Å². The molecule has 0 aromatic heterocycles. The summed E-state index contributed by atoms with van der Waals surface area (Å²) in [5.41, 5.74) is 6.64. The van der Waals surface area contributed by atoms with Crippen LogP contribution in [0.5, 0.6) is 0 Å². The zero-order valence-electron chi connectivity index (χ0n) is 12.9. The fourth-order valence-electron chi connectivity index (χ4n) is 3.31. The molecule has 1 aliphatic carbocycles. The lowest BCUT2D eigenvalue weighted by molar-refractivity contribution is 0.185. The van der Waals surface area contributed by atoms with E-state index in [-0.39, 0.29) is 5.54 Å². The maximum atomic E-state index is 10.8. The minimum atomic E-state index is -0.418. The Balaban J connectivity index is 2.02. The van der Waals surface area contributed by atoms with Crippen molar-refractivity contribution in [3.05, 3.63) is 35.9 Å². The predicted molar refractivity (Wildman–Crippen MR) is 86.0 cm³/mol. The molecule has 1 fully saturated rings. The summed E-state index contributed by atoms with van der Waals surface area (Å²) in [6, 6.07) is 10.3. The van der Waals surface area contributed by atoms with E-state index in [1.807, 2.05) is 0 Å². The van der Waals surface area contributed by atoms with Crippen LogP contribution in [-0.2, 0) is 5.54 Å². The van der Waals surface area contributed by atoms with Crippen LogP contribution in [0.3, 0.4) is 0 Å². The Morgan fingerprint density at radius 3 is 2.52 bits per heavy atom. The van der Waals surface area contributed by atoms with Gasteiger partial charge in [0.1, 0.15) is 0 Å². The smallest absolute Gasteiger partial charge is 0.312 e. The fourth-order valence-corrected chi connectivity index (χ4v) is 3.31. The summed E-state index contributed by atoms with van der Waals surface area (Å²) < 4.78 is 0. The number of nitrogens with one attached hydrogen (secondary N) is 2. The number of carbonyl (C=O) groups is 1. The van der Waals surface area contributed by atoms with Crippen molar-refractivity contribution in [3.8, 4) is 0 Å². The van der Waals surface area contributed by atoms with Crippen molar-refractivity contribution in [3.63, 3.8) is 0 Å². The number of benzene rings is 1. The molecule has 0 saturated heterocycles. The highest BCUT2D eigenvalue weighted by molar-refractivity contribution is 5.71. The lowest BCUT2D eigenvalue weighted by Gasteiger charge is -2.41. The highest BCUT2D eigenvalue weighted by atomic mass is 16.2. The molecular formula is C17H27N3O. The maximum absolute atomic E-state index is 10.8. The largest absolute Gasteiger partial charge is 0.352 e. The summed E-state index contributed by atoms with van der Waals surface area (Å²) >= 11 is 0. The van der Waals surface area contributed by atoms with E-state index >= 15 is 0 Å². The topological polar surface area (TPSA) is 67.2 Å². The van der Waals surface area contributed by atoms with Gasteiger partial charge in [-0.05, 0) is 50.1 Å². The van der Waals surface area contributed by atoms with Crippen molar-refractivity contribution in [1.82, 2.24) is 10.6 Å². The van der Waals surface area contributed by atoms with Gasteiger partial charge in [0.2, 0.25) is 0 Å². The monoisotopic (exact) mass is 289 g/mol. The van der Waals surface area contributed by atoms with Crippen LogP contribution in [0.1, 0.15) is 44.6 Å². The molecule has 1 aliphatic rings. The van der Waals surface area contributed by atoms with Gasteiger partial charge in [-0.15, -0.1) is 0 Å². The molecular weight excluding hydrogens is 262 g/mol. The molecule has 4 N–H and O–H groups in total. The van der Waals surface area contributed by atoms with E-state index in [1.165, 1.54) is 5.56 Å². The van der Waals surface area contributed by atoms with Gasteiger partial charge in [-0.25, -0.2) is 4.79 Å². The molecule has 1 aromatic rings. The zero-order chi connectivity index (χ0) is 15.1. The standard InChI is InChI=1S/C17H27N3O/c1-2-12-20-17(15-6-4-3-5-7-15)10-8-14(9-11-17)13-19-16(18)21/h3-7,14,20H,2,8-13H2,1H3,(H3,18,19,21). The average molecular weight is 289 g/mol. The van der Waals surface area contributed by atoms with Crippen LogP contribution in [0, 0.1) is 5.92 Å². The maximum Gasteiger partial charge on any atom is 0.312 e. The molecule has 0 heterocycles. The van der Waals surface area contributed by atoms with E-state index in [1.54, 1.807) is 0 Å². The molecule has 2 rings (SSSR count). The Morgan fingerprint density at radius 2 is 1.95 bits per heavy atom. The van der Waals surface area contributed by atoms with E-state index in [9.17, 15) is 4.79 Å². The summed E-state index contributed by atoms with van der Waals surface area (Å²) in [6.45, 7) is 3.95. The van der Waals surface area contributed by atoms with E-state index in [4.69, 9.17) is 5.73 Å². The van der Waals surface area contributed by atoms with Crippen LogP contribution < -0.4 is 16.4 Å². The van der Waals surface area contributed by atoms with Crippen molar-refractivity contribution < 1.29 is 4.79 Å². The molecule has 4 nitrogen and oxygen atoms in total. The number of urea groups is 1. The van der Waals surface area contributed by atoms with Gasteiger partial charge in [0.15, 0.2) is 0 Å². The number of hydrogen-bond donors (Lipinski definition) is 3. The molecule has 2 amide bonds. The minimum absolute atomic E-state index is 0.0977. The van der Waals surface area contributed by atoms with E-state index in [2.05, 4.69) is 47.9 Å². The molecule has 21 heavy (non-hydrogen) atoms. The molecule has 4 heteroatoms. The Labute approximate surface area is 127 Å². The van der Waals surface area contributed by atoms with Crippen molar-refractivity contribution in [2.75, 3.05) is 13.1 Å². The Kier molecular flexibility index (Phi) is 5.62. The van der Waals surface area contributed by atoms with Crippen LogP contribution in [0.4, 0.5) is 4.79 Å². The highest BCUT2D eigenvalue weighted by Crippen LogP contribution is 2.39. The summed E-state index contributed by atoms with van der Waals surface area (Å²) in [4.78, 5) is 10.8. The van der Waals surface area contributed by atoms with Gasteiger partial charge in [-0.1, -0.05) is 37.3 Å². The number of nitrogens with two attached hydrogens (primary N) is 1. The highest BCUT2D eigenvalue weighted by Gasteiger charge is 2.36. The van der Waals surface area contributed by atoms with Crippen molar-refractivity contribution >= 4 is 6.03 Å². The number of amides is 2. The zero-order valence-corrected chi connectivity index (χ0v) is 12.9. The second kappa shape index (κ2) is 7.46. The fraction of sp³-hybridized carbons (Fsp3) is 0.588. The van der Waals surface area contributed by atoms with Crippen LogP contribution in [0.15, 0.2) is 30.3 Å². The summed E-state index contributed by atoms with van der Waals surface area (Å²) in [6.07, 6.45) is 5.60. The third-order valence-corrected chi connectivity index (χ3v) is 4.56. The molecule has 1 aromatic carbocycles. The first-order chi connectivity index (χ1) is 10.2. The average Bonchev–Trinajstić information content (AvgIpc) is 2.53. The number of hydrogen-bond acceptors (Lipinski definition) is 2. The van der Waals surface area contributed by atoms with Crippen LogP contribution in [0.2, 0.25) is 0 Å².